The zero-order valence-corrected chi connectivity index (χ0v) is 22.7. The molecular formula is C25H26N4O7S2. The summed E-state index contributed by atoms with van der Waals surface area (Å²) in [5.74, 6) is -2.15. The summed E-state index contributed by atoms with van der Waals surface area (Å²) in [5, 5.41) is 22.8. The van der Waals surface area contributed by atoms with Crippen molar-refractivity contribution in [1.82, 2.24) is 14.8 Å². The van der Waals surface area contributed by atoms with Gasteiger partial charge in [0, 0.05) is 37.1 Å². The molecule has 3 heterocycles. The van der Waals surface area contributed by atoms with E-state index >= 15 is 0 Å². The van der Waals surface area contributed by atoms with Gasteiger partial charge in [-0.15, -0.1) is 11.3 Å². The van der Waals surface area contributed by atoms with Crippen LogP contribution >= 0.6 is 23.1 Å². The molecule has 2 aromatic rings. The minimum atomic E-state index is -0.875. The topological polar surface area (TPSA) is 143 Å². The number of benzene rings is 1. The number of esters is 1. The van der Waals surface area contributed by atoms with Crippen molar-refractivity contribution in [1.29, 1.82) is 0 Å². The van der Waals surface area contributed by atoms with Crippen LogP contribution in [0.25, 0.3) is 6.08 Å². The Morgan fingerprint density at radius 2 is 2.03 bits per heavy atom. The van der Waals surface area contributed by atoms with Crippen molar-refractivity contribution in [2.24, 2.45) is 11.8 Å². The third-order valence-electron chi connectivity index (χ3n) is 6.44. The Balaban J connectivity index is 1.57. The van der Waals surface area contributed by atoms with Crippen LogP contribution in [0.4, 0.5) is 5.69 Å². The summed E-state index contributed by atoms with van der Waals surface area (Å²) in [6.07, 6.45) is 0.863. The number of nitrogens with zero attached hydrogens (tertiary/aromatic N) is 4. The number of thioether (sulfide) groups is 1. The molecule has 200 valence electrons. The molecule has 38 heavy (non-hydrogen) atoms. The minimum absolute atomic E-state index is 0.0764. The molecule has 0 spiro atoms. The van der Waals surface area contributed by atoms with Gasteiger partial charge in [0.05, 0.1) is 33.4 Å². The van der Waals surface area contributed by atoms with E-state index < -0.39 is 22.9 Å². The molecule has 1 fully saturated rings. The molecule has 2 aliphatic rings. The van der Waals surface area contributed by atoms with Crippen molar-refractivity contribution in [2.75, 3.05) is 14.1 Å². The molecule has 2 aliphatic heterocycles. The highest BCUT2D eigenvalue weighted by atomic mass is 32.2. The molecule has 4 atom stereocenters. The van der Waals surface area contributed by atoms with Crippen LogP contribution in [0, 0.1) is 22.0 Å². The first kappa shape index (κ1) is 27.5. The Kier molecular flexibility index (Phi) is 7.99. The Morgan fingerprint density at radius 3 is 2.63 bits per heavy atom. The van der Waals surface area contributed by atoms with E-state index in [2.05, 4.69) is 4.98 Å². The molecule has 13 heteroatoms. The summed E-state index contributed by atoms with van der Waals surface area (Å²) in [6, 6.07) is 5.26. The highest BCUT2D eigenvalue weighted by Crippen LogP contribution is 2.51. The van der Waals surface area contributed by atoms with E-state index in [1.54, 1.807) is 38.0 Å². The molecule has 2 amide bonds. The number of hydrogen-bond acceptors (Lipinski definition) is 10. The van der Waals surface area contributed by atoms with Gasteiger partial charge in [-0.25, -0.2) is 9.78 Å². The predicted octanol–water partition coefficient (Wildman–Crippen LogP) is 3.27. The highest BCUT2D eigenvalue weighted by Gasteiger charge is 2.60. The third kappa shape index (κ3) is 5.08. The van der Waals surface area contributed by atoms with E-state index in [0.29, 0.717) is 21.0 Å². The number of aliphatic hydroxyl groups excluding tert-OH is 1. The fourth-order valence-electron chi connectivity index (χ4n) is 4.52. The second-order valence-corrected chi connectivity index (χ2v) is 11.0. The van der Waals surface area contributed by atoms with Crippen LogP contribution < -0.4 is 0 Å². The van der Waals surface area contributed by atoms with Crippen LogP contribution in [0.2, 0.25) is 0 Å². The molecular weight excluding hydrogens is 532 g/mol. The average Bonchev–Trinajstić information content (AvgIpc) is 3.43. The summed E-state index contributed by atoms with van der Waals surface area (Å²) in [7, 11) is 3.28. The van der Waals surface area contributed by atoms with Crippen molar-refractivity contribution in [3.05, 3.63) is 72.0 Å². The van der Waals surface area contributed by atoms with Gasteiger partial charge in [-0.1, -0.05) is 18.7 Å². The number of nitro benzene ring substituents is 1. The lowest BCUT2D eigenvalue weighted by Crippen LogP contribution is -2.63. The number of carbonyl (C=O) groups excluding carboxylic acids is 3. The van der Waals surface area contributed by atoms with Crippen molar-refractivity contribution in [3.8, 4) is 0 Å². The van der Waals surface area contributed by atoms with E-state index in [0.717, 1.165) is 0 Å². The summed E-state index contributed by atoms with van der Waals surface area (Å²) in [4.78, 5) is 57.1. The molecule has 0 radical (unpaired) electrons. The molecule has 1 N–H and O–H groups in total. The Labute approximate surface area is 226 Å². The normalized spacial score (nSPS) is 21.3. The van der Waals surface area contributed by atoms with Crippen molar-refractivity contribution < 1.29 is 29.2 Å². The number of amides is 2. The molecule has 1 aromatic carbocycles. The SMILES string of the molecule is C[C@@H](O)[C@H]1C(=O)N2C(C(=O)OCc3ccc([N+](=O)[O-])cc3)=C(SC=Cc3scnc3C(=O)N(C)C)[C@H](C)[C@H]12. The number of ether oxygens (including phenoxy) is 1. The van der Waals surface area contributed by atoms with Gasteiger partial charge >= 0.3 is 5.97 Å². The van der Waals surface area contributed by atoms with Crippen LogP contribution in [0.5, 0.6) is 0 Å². The maximum Gasteiger partial charge on any atom is 0.356 e. The molecule has 11 nitrogen and oxygen atoms in total. The van der Waals surface area contributed by atoms with E-state index in [-0.39, 0.29) is 41.8 Å². The smallest absolute Gasteiger partial charge is 0.356 e. The summed E-state index contributed by atoms with van der Waals surface area (Å²) in [5.41, 5.74) is 2.50. The number of rotatable bonds is 9. The van der Waals surface area contributed by atoms with Gasteiger partial charge in [-0.2, -0.15) is 0 Å². The number of nitro groups is 1. The lowest BCUT2D eigenvalue weighted by molar-refractivity contribution is -0.384. The monoisotopic (exact) mass is 558 g/mol. The number of aliphatic hydroxyl groups is 1. The quantitative estimate of drug-likeness (QED) is 0.212. The molecule has 0 aliphatic carbocycles. The number of aromatic nitrogens is 1. The zero-order valence-electron chi connectivity index (χ0n) is 21.1. The van der Waals surface area contributed by atoms with Crippen LogP contribution in [0.3, 0.4) is 0 Å². The first-order valence-corrected chi connectivity index (χ1v) is 13.4. The van der Waals surface area contributed by atoms with Crippen LogP contribution in [0.1, 0.15) is 34.8 Å². The molecule has 1 aromatic heterocycles. The highest BCUT2D eigenvalue weighted by molar-refractivity contribution is 8.06. The lowest BCUT2D eigenvalue weighted by Gasteiger charge is -2.46. The molecule has 1 saturated heterocycles. The third-order valence-corrected chi connectivity index (χ3v) is 8.32. The fourth-order valence-corrected chi connectivity index (χ4v) is 6.27. The molecule has 4 rings (SSSR count). The number of thiazole rings is 1. The second kappa shape index (κ2) is 11.1. The summed E-state index contributed by atoms with van der Waals surface area (Å²) >= 11 is 2.55. The largest absolute Gasteiger partial charge is 0.456 e. The number of hydrogen-bond donors (Lipinski definition) is 1. The average molecular weight is 559 g/mol. The van der Waals surface area contributed by atoms with Gasteiger partial charge in [0.15, 0.2) is 0 Å². The van der Waals surface area contributed by atoms with E-state index in [1.807, 2.05) is 6.92 Å². The summed E-state index contributed by atoms with van der Waals surface area (Å²) in [6.45, 7) is 3.31. The second-order valence-electron chi connectivity index (χ2n) is 9.15. The Bertz CT molecular complexity index is 1330. The van der Waals surface area contributed by atoms with Gasteiger partial charge in [0.2, 0.25) is 5.91 Å². The summed E-state index contributed by atoms with van der Waals surface area (Å²) < 4.78 is 5.50. The first-order chi connectivity index (χ1) is 18.0. The van der Waals surface area contributed by atoms with Gasteiger partial charge < -0.3 is 19.6 Å². The van der Waals surface area contributed by atoms with Crippen molar-refractivity contribution in [2.45, 2.75) is 32.6 Å². The number of fused-ring (bicyclic) bond motifs is 1. The Hall–Kier alpha value is -3.55. The van der Waals surface area contributed by atoms with Crippen molar-refractivity contribution in [3.63, 3.8) is 0 Å². The standard InChI is InChI=1S/C25H26N4O7S2/c1-13-20-18(14(2)30)23(31)28(20)21(25(33)36-11-15-5-7-16(8-6-15)29(34)35)22(13)37-10-9-17-19(26-12-38-17)24(32)27(3)4/h5-10,12-14,18,20,30H,11H2,1-4H3/t13-,14-,18-,20-/m1/s1. The molecule has 0 saturated carbocycles. The predicted molar refractivity (Wildman–Crippen MR) is 142 cm³/mol. The van der Waals surface area contributed by atoms with Crippen LogP contribution in [-0.4, -0.2) is 68.8 Å². The minimum Gasteiger partial charge on any atom is -0.456 e. The van der Waals surface area contributed by atoms with E-state index in [4.69, 9.17) is 4.74 Å². The van der Waals surface area contributed by atoms with E-state index in [9.17, 15) is 29.6 Å². The van der Waals surface area contributed by atoms with Crippen molar-refractivity contribution >= 4 is 52.6 Å². The zero-order chi connectivity index (χ0) is 27.7. The number of carbonyl (C=O) groups is 3. The molecule has 0 unspecified atom stereocenters. The van der Waals surface area contributed by atoms with Gasteiger partial charge in [0.25, 0.3) is 11.6 Å². The van der Waals surface area contributed by atoms with Crippen LogP contribution in [-0.2, 0) is 20.9 Å². The van der Waals surface area contributed by atoms with Crippen LogP contribution in [0.15, 0.2) is 45.8 Å². The number of β-lactam (4-membered cyclic amide) rings is 1. The van der Waals surface area contributed by atoms with Gasteiger partial charge in [-0.3, -0.25) is 19.7 Å². The number of non-ortho nitro benzene ring substituents is 1. The Morgan fingerprint density at radius 1 is 1.34 bits per heavy atom. The van der Waals surface area contributed by atoms with E-state index in [1.165, 1.54) is 57.2 Å². The molecule has 0 bridgehead atoms. The maximum absolute atomic E-state index is 13.2. The van der Waals surface area contributed by atoms with Gasteiger partial charge in [-0.05, 0) is 36.1 Å². The lowest BCUT2D eigenvalue weighted by atomic mass is 9.79. The first-order valence-electron chi connectivity index (χ1n) is 11.7. The maximum atomic E-state index is 13.2. The fraction of sp³-hybridized carbons (Fsp3) is 0.360. The van der Waals surface area contributed by atoms with Gasteiger partial charge in [0.1, 0.15) is 18.0 Å².